The second-order valence-corrected chi connectivity index (χ2v) is 8.31. The summed E-state index contributed by atoms with van der Waals surface area (Å²) in [4.78, 5) is 35.5. The van der Waals surface area contributed by atoms with Gasteiger partial charge >= 0.3 is 23.4 Å². The molecule has 0 amide bonds. The largest absolute Gasteiger partial charge is 0.487 e. The Kier molecular flexibility index (Phi) is 11.0. The van der Waals surface area contributed by atoms with Gasteiger partial charge in [0.2, 0.25) is 0 Å². The molecule has 1 unspecified atom stereocenters. The second-order valence-electron chi connectivity index (χ2n) is 8.31. The van der Waals surface area contributed by atoms with Gasteiger partial charge < -0.3 is 14.2 Å². The maximum Gasteiger partial charge on any atom is 0.389 e. The molecule has 0 aliphatic rings. The number of alkyl halides is 3. The Morgan fingerprint density at radius 1 is 1.11 bits per heavy atom. The summed E-state index contributed by atoms with van der Waals surface area (Å²) >= 11 is 0. The molecular formula is C24H32F3N3O6. The van der Waals surface area contributed by atoms with E-state index in [0.717, 1.165) is 27.7 Å². The summed E-state index contributed by atoms with van der Waals surface area (Å²) in [6.45, 7) is 3.61. The first-order chi connectivity index (χ1) is 17.0. The molecule has 1 atom stereocenters. The molecule has 1 heterocycles. The molecule has 0 spiro atoms. The van der Waals surface area contributed by atoms with Gasteiger partial charge in [-0.25, -0.2) is 9.48 Å². The summed E-state index contributed by atoms with van der Waals surface area (Å²) in [5.41, 5.74) is -0.459. The molecular weight excluding hydrogens is 483 g/mol. The highest BCUT2D eigenvalue weighted by Crippen LogP contribution is 2.21. The van der Waals surface area contributed by atoms with Crippen LogP contribution in [0.15, 0.2) is 33.9 Å². The fourth-order valence-corrected chi connectivity index (χ4v) is 3.18. The van der Waals surface area contributed by atoms with E-state index in [9.17, 15) is 27.6 Å². The van der Waals surface area contributed by atoms with Crippen molar-refractivity contribution in [2.45, 2.75) is 71.2 Å². The number of carbonyl (C=O) groups is 1. The fraction of sp³-hybridized carbons (Fsp3) is 0.583. The van der Waals surface area contributed by atoms with Crippen molar-refractivity contribution < 1.29 is 32.2 Å². The highest BCUT2D eigenvalue weighted by Gasteiger charge is 2.26. The van der Waals surface area contributed by atoms with E-state index in [0.29, 0.717) is 18.6 Å². The van der Waals surface area contributed by atoms with Gasteiger partial charge in [0, 0.05) is 26.4 Å². The Balaban J connectivity index is 1.79. The number of benzene rings is 1. The average molecular weight is 516 g/mol. The highest BCUT2D eigenvalue weighted by atomic mass is 19.4. The summed E-state index contributed by atoms with van der Waals surface area (Å²) in [5.74, 6) is 0.0715. The van der Waals surface area contributed by atoms with Crippen LogP contribution in [-0.4, -0.2) is 45.8 Å². The van der Waals surface area contributed by atoms with Gasteiger partial charge in [0.05, 0.1) is 6.61 Å². The molecule has 0 fully saturated rings. The third kappa shape index (κ3) is 9.74. The van der Waals surface area contributed by atoms with Crippen LogP contribution in [0.1, 0.15) is 51.5 Å². The maximum absolute atomic E-state index is 12.4. The lowest BCUT2D eigenvalue weighted by atomic mass is 10.1. The fourth-order valence-electron chi connectivity index (χ4n) is 3.18. The van der Waals surface area contributed by atoms with E-state index in [1.54, 1.807) is 6.92 Å². The average Bonchev–Trinajstić information content (AvgIpc) is 2.83. The van der Waals surface area contributed by atoms with Gasteiger partial charge in [0.1, 0.15) is 18.5 Å². The molecule has 36 heavy (non-hydrogen) atoms. The molecule has 0 aliphatic heterocycles. The zero-order valence-electron chi connectivity index (χ0n) is 20.7. The first-order valence-electron chi connectivity index (χ1n) is 11.8. The number of aromatic nitrogens is 3. The molecule has 0 saturated carbocycles. The lowest BCUT2D eigenvalue weighted by molar-refractivity contribution is -0.145. The van der Waals surface area contributed by atoms with E-state index < -0.39 is 23.8 Å². The van der Waals surface area contributed by atoms with Crippen molar-refractivity contribution in [2.75, 3.05) is 13.2 Å². The van der Waals surface area contributed by atoms with Crippen molar-refractivity contribution in [3.8, 4) is 11.6 Å². The predicted octanol–water partition coefficient (Wildman–Crippen LogP) is 3.41. The van der Waals surface area contributed by atoms with Gasteiger partial charge in [0.15, 0.2) is 0 Å². The van der Waals surface area contributed by atoms with Gasteiger partial charge in [-0.15, -0.1) is 5.10 Å². The molecule has 0 N–H and O–H groups in total. The molecule has 12 heteroatoms. The summed E-state index contributed by atoms with van der Waals surface area (Å²) in [7, 11) is 1.23. The first kappa shape index (κ1) is 28.9. The smallest absolute Gasteiger partial charge is 0.389 e. The number of unbranched alkanes of at least 4 members (excludes halogenated alkanes) is 1. The van der Waals surface area contributed by atoms with Crippen LogP contribution in [0.25, 0.3) is 0 Å². The molecule has 200 valence electrons. The van der Waals surface area contributed by atoms with Crippen LogP contribution in [0, 0.1) is 0 Å². The summed E-state index contributed by atoms with van der Waals surface area (Å²) in [5, 5.41) is 3.81. The molecule has 0 bridgehead atoms. The number of ether oxygens (including phenoxy) is 3. The van der Waals surface area contributed by atoms with Crippen LogP contribution in [0.2, 0.25) is 0 Å². The van der Waals surface area contributed by atoms with Crippen LogP contribution in [0.4, 0.5) is 13.2 Å². The second kappa shape index (κ2) is 13.7. The first-order valence-corrected chi connectivity index (χ1v) is 11.8. The quantitative estimate of drug-likeness (QED) is 0.281. The topological polar surface area (TPSA) is 102 Å². The number of hydrogen-bond donors (Lipinski definition) is 0. The van der Waals surface area contributed by atoms with Gasteiger partial charge in [-0.05, 0) is 50.3 Å². The van der Waals surface area contributed by atoms with Crippen molar-refractivity contribution in [1.29, 1.82) is 0 Å². The number of rotatable bonds is 14. The number of carbonyl (C=O) groups excluding carboxylic acids is 1. The van der Waals surface area contributed by atoms with Gasteiger partial charge in [-0.3, -0.25) is 14.2 Å². The van der Waals surface area contributed by atoms with Crippen LogP contribution in [0.3, 0.4) is 0 Å². The van der Waals surface area contributed by atoms with E-state index in [4.69, 9.17) is 14.2 Å². The zero-order chi connectivity index (χ0) is 26.7. The summed E-state index contributed by atoms with van der Waals surface area (Å²) in [6, 6.07) is 7.52. The van der Waals surface area contributed by atoms with E-state index in [1.165, 1.54) is 7.05 Å². The minimum Gasteiger partial charge on any atom is -0.487 e. The van der Waals surface area contributed by atoms with E-state index in [2.05, 4.69) is 5.10 Å². The van der Waals surface area contributed by atoms with Crippen LogP contribution in [0.5, 0.6) is 11.6 Å². The minimum absolute atomic E-state index is 0.165. The molecule has 0 radical (unpaired) electrons. The normalized spacial score (nSPS) is 12.3. The monoisotopic (exact) mass is 515 g/mol. The van der Waals surface area contributed by atoms with Crippen LogP contribution in [-0.2, 0) is 29.5 Å². The Bertz CT molecular complexity index is 1100. The van der Waals surface area contributed by atoms with Gasteiger partial charge in [-0.1, -0.05) is 19.1 Å². The Morgan fingerprint density at radius 2 is 1.81 bits per heavy atom. The predicted molar refractivity (Wildman–Crippen MR) is 125 cm³/mol. The van der Waals surface area contributed by atoms with E-state index in [-0.39, 0.29) is 44.1 Å². The standard InChI is InChI=1S/C24H32F3N3O6/c1-4-20(31)35-16-17(2)36-19-11-9-18(10-12-19)8-5-6-15-34-21-22(32)29(3)23(33)30(28-21)14-7-13-24(25,26)27/h9-12,17H,4-8,13-16H2,1-3H3. The van der Waals surface area contributed by atoms with Gasteiger partial charge in [-0.2, -0.15) is 13.2 Å². The molecule has 1 aromatic carbocycles. The number of halogens is 3. The third-order valence-corrected chi connectivity index (χ3v) is 5.16. The highest BCUT2D eigenvalue weighted by molar-refractivity contribution is 5.68. The van der Waals surface area contributed by atoms with E-state index in [1.807, 2.05) is 31.2 Å². The lowest BCUT2D eigenvalue weighted by Crippen LogP contribution is -2.40. The molecule has 0 aliphatic carbocycles. The van der Waals surface area contributed by atoms with E-state index >= 15 is 0 Å². The Morgan fingerprint density at radius 3 is 2.44 bits per heavy atom. The van der Waals surface area contributed by atoms with Crippen LogP contribution < -0.4 is 20.7 Å². The Labute approximate surface area is 206 Å². The molecule has 0 saturated heterocycles. The lowest BCUT2D eigenvalue weighted by Gasteiger charge is -2.15. The summed E-state index contributed by atoms with van der Waals surface area (Å²) in [6.07, 6.45) is -3.59. The summed E-state index contributed by atoms with van der Waals surface area (Å²) < 4.78 is 54.9. The maximum atomic E-state index is 12.4. The minimum atomic E-state index is -4.33. The molecule has 2 aromatic rings. The van der Waals surface area contributed by atoms with Crippen molar-refractivity contribution in [1.82, 2.24) is 14.3 Å². The number of esters is 1. The third-order valence-electron chi connectivity index (χ3n) is 5.16. The Hall–Kier alpha value is -3.31. The molecule has 1 aromatic heterocycles. The SMILES string of the molecule is CCC(=O)OCC(C)Oc1ccc(CCCCOc2nn(CCCC(F)(F)F)c(=O)n(C)c2=O)cc1. The zero-order valence-corrected chi connectivity index (χ0v) is 20.7. The molecule has 9 nitrogen and oxygen atoms in total. The van der Waals surface area contributed by atoms with Crippen molar-refractivity contribution in [3.63, 3.8) is 0 Å². The number of hydrogen-bond acceptors (Lipinski definition) is 7. The van der Waals surface area contributed by atoms with Crippen molar-refractivity contribution in [3.05, 3.63) is 50.7 Å². The van der Waals surface area contributed by atoms with Crippen molar-refractivity contribution >= 4 is 5.97 Å². The molecule has 2 rings (SSSR count). The van der Waals surface area contributed by atoms with Gasteiger partial charge in [0.25, 0.3) is 5.88 Å². The number of nitrogens with zero attached hydrogens (tertiary/aromatic N) is 3. The number of aryl methyl sites for hydroxylation is 2. The van der Waals surface area contributed by atoms with Crippen LogP contribution >= 0.6 is 0 Å². The van der Waals surface area contributed by atoms with Crippen molar-refractivity contribution in [2.24, 2.45) is 7.05 Å².